The van der Waals surface area contributed by atoms with Crippen molar-refractivity contribution in [1.29, 1.82) is 0 Å². The monoisotopic (exact) mass is 238 g/mol. The van der Waals surface area contributed by atoms with Gasteiger partial charge in [-0.3, -0.25) is 9.59 Å². The van der Waals surface area contributed by atoms with Crippen molar-refractivity contribution in [3.63, 3.8) is 0 Å². The van der Waals surface area contributed by atoms with Gasteiger partial charge in [0.1, 0.15) is 0 Å². The van der Waals surface area contributed by atoms with E-state index in [0.29, 0.717) is 13.1 Å². The van der Waals surface area contributed by atoms with Crippen molar-refractivity contribution in [3.05, 3.63) is 24.2 Å². The molecule has 5 nitrogen and oxygen atoms in total. The van der Waals surface area contributed by atoms with Gasteiger partial charge in [0.25, 0.3) is 5.91 Å². The van der Waals surface area contributed by atoms with Crippen molar-refractivity contribution in [1.82, 2.24) is 9.80 Å². The summed E-state index contributed by atoms with van der Waals surface area (Å²) >= 11 is 0. The van der Waals surface area contributed by atoms with E-state index < -0.39 is 0 Å². The molecule has 94 valence electrons. The molecule has 2 amide bonds. The summed E-state index contributed by atoms with van der Waals surface area (Å²) in [6.07, 6.45) is 1.44. The number of nitrogens with zero attached hydrogens (tertiary/aromatic N) is 2. The van der Waals surface area contributed by atoms with Crippen molar-refractivity contribution in [3.8, 4) is 0 Å². The third-order valence-electron chi connectivity index (χ3n) is 2.57. The van der Waals surface area contributed by atoms with Crippen LogP contribution in [0.15, 0.2) is 22.8 Å². The number of furan rings is 1. The number of rotatable bonds is 5. The maximum Gasteiger partial charge on any atom is 0.289 e. The molecule has 0 aliphatic carbocycles. The predicted molar refractivity (Wildman–Crippen MR) is 63.6 cm³/mol. The summed E-state index contributed by atoms with van der Waals surface area (Å²) in [5, 5.41) is 0. The highest BCUT2D eigenvalue weighted by molar-refractivity contribution is 5.94. The molecule has 1 heterocycles. The highest BCUT2D eigenvalue weighted by Crippen LogP contribution is 2.04. The lowest BCUT2D eigenvalue weighted by atomic mass is 10.3. The van der Waals surface area contributed by atoms with Crippen molar-refractivity contribution in [2.24, 2.45) is 0 Å². The number of carbonyl (C=O) groups excluding carboxylic acids is 2. The van der Waals surface area contributed by atoms with Crippen LogP contribution >= 0.6 is 0 Å². The molecular formula is C12H18N2O3. The number of carbonyl (C=O) groups is 2. The minimum absolute atomic E-state index is 0.0580. The van der Waals surface area contributed by atoms with Crippen molar-refractivity contribution < 1.29 is 14.0 Å². The maximum absolute atomic E-state index is 11.8. The van der Waals surface area contributed by atoms with Gasteiger partial charge in [0.2, 0.25) is 5.91 Å². The fourth-order valence-corrected chi connectivity index (χ4v) is 1.54. The quantitative estimate of drug-likeness (QED) is 0.775. The Balaban J connectivity index is 2.57. The molecule has 0 bridgehead atoms. The SMILES string of the molecule is CCN(CC)C(=O)CN(C)C(=O)c1ccco1. The Kier molecular flexibility index (Phi) is 4.75. The first-order chi connectivity index (χ1) is 8.10. The van der Waals surface area contributed by atoms with E-state index in [9.17, 15) is 9.59 Å². The zero-order valence-electron chi connectivity index (χ0n) is 10.5. The Morgan fingerprint density at radius 1 is 1.29 bits per heavy atom. The minimum Gasteiger partial charge on any atom is -0.459 e. The van der Waals surface area contributed by atoms with Crippen molar-refractivity contribution in [2.75, 3.05) is 26.7 Å². The summed E-state index contributed by atoms with van der Waals surface area (Å²) < 4.78 is 5.00. The van der Waals surface area contributed by atoms with E-state index in [-0.39, 0.29) is 24.1 Å². The van der Waals surface area contributed by atoms with Gasteiger partial charge in [-0.1, -0.05) is 0 Å². The van der Waals surface area contributed by atoms with Gasteiger partial charge in [0.05, 0.1) is 12.8 Å². The van der Waals surface area contributed by atoms with Gasteiger partial charge in [-0.25, -0.2) is 0 Å². The van der Waals surface area contributed by atoms with E-state index in [1.54, 1.807) is 24.1 Å². The zero-order chi connectivity index (χ0) is 12.8. The highest BCUT2D eigenvalue weighted by Gasteiger charge is 2.19. The van der Waals surface area contributed by atoms with Crippen LogP contribution in [0.2, 0.25) is 0 Å². The lowest BCUT2D eigenvalue weighted by Crippen LogP contribution is -2.40. The normalized spacial score (nSPS) is 10.1. The zero-order valence-corrected chi connectivity index (χ0v) is 10.5. The van der Waals surface area contributed by atoms with Gasteiger partial charge in [-0.15, -0.1) is 0 Å². The fourth-order valence-electron chi connectivity index (χ4n) is 1.54. The van der Waals surface area contributed by atoms with Gasteiger partial charge in [0.15, 0.2) is 5.76 Å². The second kappa shape index (κ2) is 6.08. The average Bonchev–Trinajstić information content (AvgIpc) is 2.83. The van der Waals surface area contributed by atoms with Gasteiger partial charge < -0.3 is 14.2 Å². The Morgan fingerprint density at radius 3 is 2.41 bits per heavy atom. The molecule has 0 saturated heterocycles. The molecule has 0 N–H and O–H groups in total. The first-order valence-electron chi connectivity index (χ1n) is 5.66. The molecule has 5 heteroatoms. The Morgan fingerprint density at radius 2 is 1.94 bits per heavy atom. The smallest absolute Gasteiger partial charge is 0.289 e. The molecule has 1 rings (SSSR count). The summed E-state index contributed by atoms with van der Waals surface area (Å²) in [4.78, 5) is 26.6. The molecule has 1 aromatic heterocycles. The molecule has 0 atom stereocenters. The topological polar surface area (TPSA) is 53.8 Å². The van der Waals surface area contributed by atoms with Gasteiger partial charge in [-0.05, 0) is 26.0 Å². The van der Waals surface area contributed by atoms with Crippen molar-refractivity contribution >= 4 is 11.8 Å². The summed E-state index contributed by atoms with van der Waals surface area (Å²) in [5.41, 5.74) is 0. The van der Waals surface area contributed by atoms with Gasteiger partial charge in [-0.2, -0.15) is 0 Å². The summed E-state index contributed by atoms with van der Waals surface area (Å²) in [5.74, 6) is -0.0900. The third kappa shape index (κ3) is 3.34. The van der Waals surface area contributed by atoms with E-state index in [1.807, 2.05) is 13.8 Å². The minimum atomic E-state index is -0.282. The van der Waals surface area contributed by atoms with E-state index >= 15 is 0 Å². The first-order valence-corrected chi connectivity index (χ1v) is 5.66. The van der Waals surface area contributed by atoms with E-state index in [2.05, 4.69) is 0 Å². The summed E-state index contributed by atoms with van der Waals surface area (Å²) in [6, 6.07) is 3.23. The lowest BCUT2D eigenvalue weighted by molar-refractivity contribution is -0.131. The molecule has 0 aliphatic heterocycles. The Hall–Kier alpha value is -1.78. The van der Waals surface area contributed by atoms with Crippen LogP contribution in [-0.4, -0.2) is 48.3 Å². The average molecular weight is 238 g/mol. The number of hydrogen-bond acceptors (Lipinski definition) is 3. The molecule has 0 fully saturated rings. The highest BCUT2D eigenvalue weighted by atomic mass is 16.3. The second-order valence-corrected chi connectivity index (χ2v) is 3.70. The molecule has 0 aliphatic rings. The van der Waals surface area contributed by atoms with E-state index in [4.69, 9.17) is 4.42 Å². The van der Waals surface area contributed by atoms with Crippen LogP contribution < -0.4 is 0 Å². The van der Waals surface area contributed by atoms with Crippen LogP contribution in [0.5, 0.6) is 0 Å². The molecule has 0 saturated carbocycles. The number of likely N-dealkylation sites (N-methyl/N-ethyl adjacent to an activating group) is 2. The molecule has 0 radical (unpaired) electrons. The van der Waals surface area contributed by atoms with Gasteiger partial charge >= 0.3 is 0 Å². The van der Waals surface area contributed by atoms with E-state index in [1.165, 1.54) is 11.2 Å². The molecule has 17 heavy (non-hydrogen) atoms. The molecule has 1 aromatic rings. The maximum atomic E-state index is 11.8. The van der Waals surface area contributed by atoms with Crippen LogP contribution in [-0.2, 0) is 4.79 Å². The molecule has 0 unspecified atom stereocenters. The van der Waals surface area contributed by atoms with Crippen LogP contribution in [0, 0.1) is 0 Å². The van der Waals surface area contributed by atoms with E-state index in [0.717, 1.165) is 0 Å². The molecular weight excluding hydrogens is 220 g/mol. The van der Waals surface area contributed by atoms with Gasteiger partial charge in [0, 0.05) is 20.1 Å². The lowest BCUT2D eigenvalue weighted by Gasteiger charge is -2.22. The van der Waals surface area contributed by atoms with Crippen LogP contribution in [0.25, 0.3) is 0 Å². The van der Waals surface area contributed by atoms with Crippen LogP contribution in [0.4, 0.5) is 0 Å². The predicted octanol–water partition coefficient (Wildman–Crippen LogP) is 1.22. The Labute approximate surface area is 101 Å². The summed E-state index contributed by atoms with van der Waals surface area (Å²) in [6.45, 7) is 5.20. The fraction of sp³-hybridized carbons (Fsp3) is 0.500. The number of hydrogen-bond donors (Lipinski definition) is 0. The Bertz CT molecular complexity index is 369. The third-order valence-corrected chi connectivity index (χ3v) is 2.57. The van der Waals surface area contributed by atoms with Crippen molar-refractivity contribution in [2.45, 2.75) is 13.8 Å². The second-order valence-electron chi connectivity index (χ2n) is 3.70. The summed E-state index contributed by atoms with van der Waals surface area (Å²) in [7, 11) is 1.59. The largest absolute Gasteiger partial charge is 0.459 e. The molecule has 0 spiro atoms. The van der Waals surface area contributed by atoms with Crippen LogP contribution in [0.1, 0.15) is 24.4 Å². The molecule has 0 aromatic carbocycles. The number of amides is 2. The van der Waals surface area contributed by atoms with Crippen LogP contribution in [0.3, 0.4) is 0 Å². The first kappa shape index (κ1) is 13.3. The standard InChI is InChI=1S/C12H18N2O3/c1-4-14(5-2)11(15)9-13(3)12(16)10-7-6-8-17-10/h6-8H,4-5,9H2,1-3H3.